The molecular weight excluding hydrogens is 491 g/mol. The average molecular weight is 513 g/mol. The number of halogens is 2. The molecule has 170 valence electrons. The van der Waals surface area contributed by atoms with Crippen LogP contribution >= 0.6 is 35.0 Å². The van der Waals surface area contributed by atoms with Gasteiger partial charge in [-0.25, -0.2) is 8.42 Å². The lowest BCUT2D eigenvalue weighted by Crippen LogP contribution is -2.30. The smallest absolute Gasteiger partial charge is 0.251 e. The van der Waals surface area contributed by atoms with Gasteiger partial charge in [-0.2, -0.15) is 11.8 Å². The van der Waals surface area contributed by atoms with Gasteiger partial charge in [-0.05, 0) is 48.5 Å². The molecule has 0 aliphatic carbocycles. The topological polar surface area (TPSA) is 79.6 Å². The second kappa shape index (κ2) is 11.1. The maximum atomic E-state index is 12.4. The predicted molar refractivity (Wildman–Crippen MR) is 131 cm³/mol. The lowest BCUT2D eigenvalue weighted by atomic mass is 10.1. The fraction of sp³-hybridized carbons (Fsp3) is 0.227. The number of thioether (sulfide) groups is 1. The van der Waals surface area contributed by atoms with Gasteiger partial charge in [-0.3, -0.25) is 9.10 Å². The Labute approximate surface area is 201 Å². The quantitative estimate of drug-likeness (QED) is 0.377. The molecule has 6 nitrogen and oxygen atoms in total. The Morgan fingerprint density at radius 2 is 1.75 bits per heavy atom. The van der Waals surface area contributed by atoms with Crippen LogP contribution in [0.1, 0.15) is 21.7 Å². The first-order valence-corrected chi connectivity index (χ1v) is 13.4. The molecule has 1 aromatic heterocycles. The van der Waals surface area contributed by atoms with Crippen molar-refractivity contribution in [1.82, 2.24) is 5.32 Å². The van der Waals surface area contributed by atoms with Gasteiger partial charge in [0.05, 0.1) is 30.5 Å². The first-order chi connectivity index (χ1) is 15.3. The number of anilines is 1. The Bertz CT molecular complexity index is 1130. The highest BCUT2D eigenvalue weighted by Gasteiger charge is 2.21. The molecule has 0 aliphatic heterocycles. The number of nitrogens with zero attached hydrogens (tertiary/aromatic N) is 1. The minimum atomic E-state index is -3.62. The normalized spacial score (nSPS) is 11.3. The molecule has 0 fully saturated rings. The Morgan fingerprint density at radius 3 is 2.34 bits per heavy atom. The number of sulfonamides is 1. The Balaban J connectivity index is 1.62. The molecule has 1 N–H and O–H groups in total. The van der Waals surface area contributed by atoms with Crippen molar-refractivity contribution in [3.63, 3.8) is 0 Å². The fourth-order valence-corrected chi connectivity index (χ4v) is 5.05. The standard InChI is InChI=1S/C22H22Cl2N2O4S2/c1-32(28,29)26(14-19-20(23)5-2-6-21(19)24)17-9-7-16(8-10-17)22(27)25-11-13-31-15-18-4-3-12-30-18/h2-10,12H,11,13-15H2,1H3,(H,25,27). The van der Waals surface area contributed by atoms with E-state index in [1.54, 1.807) is 60.5 Å². The van der Waals surface area contributed by atoms with Crippen molar-refractivity contribution >= 4 is 56.6 Å². The summed E-state index contributed by atoms with van der Waals surface area (Å²) in [6, 6.07) is 15.1. The third-order valence-electron chi connectivity index (χ3n) is 4.54. The van der Waals surface area contributed by atoms with Gasteiger partial charge < -0.3 is 9.73 Å². The number of furan rings is 1. The highest BCUT2D eigenvalue weighted by molar-refractivity contribution is 7.98. The molecule has 3 aromatic rings. The minimum Gasteiger partial charge on any atom is -0.468 e. The molecule has 0 saturated carbocycles. The van der Waals surface area contributed by atoms with Crippen molar-refractivity contribution in [3.8, 4) is 0 Å². The zero-order valence-corrected chi connectivity index (χ0v) is 20.4. The number of carbonyl (C=O) groups is 1. The molecule has 2 aromatic carbocycles. The van der Waals surface area contributed by atoms with Crippen LogP contribution in [0.25, 0.3) is 0 Å². The lowest BCUT2D eigenvalue weighted by Gasteiger charge is -2.23. The van der Waals surface area contributed by atoms with Crippen LogP contribution in [0.15, 0.2) is 65.3 Å². The summed E-state index contributed by atoms with van der Waals surface area (Å²) in [5, 5.41) is 3.62. The molecule has 0 saturated heterocycles. The average Bonchev–Trinajstić information content (AvgIpc) is 3.26. The van der Waals surface area contributed by atoms with Crippen molar-refractivity contribution in [3.05, 3.63) is 87.8 Å². The zero-order valence-electron chi connectivity index (χ0n) is 17.3. The van der Waals surface area contributed by atoms with E-state index in [1.807, 2.05) is 12.1 Å². The van der Waals surface area contributed by atoms with Gasteiger partial charge in [-0.15, -0.1) is 0 Å². The van der Waals surface area contributed by atoms with Crippen LogP contribution in [0.3, 0.4) is 0 Å². The van der Waals surface area contributed by atoms with E-state index in [0.717, 1.165) is 23.5 Å². The second-order valence-electron chi connectivity index (χ2n) is 6.90. The third-order valence-corrected chi connectivity index (χ3v) is 7.37. The summed E-state index contributed by atoms with van der Waals surface area (Å²) in [4.78, 5) is 12.4. The Morgan fingerprint density at radius 1 is 1.06 bits per heavy atom. The molecule has 0 atom stereocenters. The van der Waals surface area contributed by atoms with Crippen molar-refractivity contribution in [1.29, 1.82) is 0 Å². The molecule has 0 bridgehead atoms. The number of hydrogen-bond acceptors (Lipinski definition) is 5. The summed E-state index contributed by atoms with van der Waals surface area (Å²) in [6.45, 7) is 0.488. The van der Waals surface area contributed by atoms with Gasteiger partial charge in [0, 0.05) is 33.5 Å². The molecule has 32 heavy (non-hydrogen) atoms. The van der Waals surface area contributed by atoms with Crippen LogP contribution in [0.2, 0.25) is 10.0 Å². The molecule has 0 unspecified atom stereocenters. The minimum absolute atomic E-state index is 0.0181. The SMILES string of the molecule is CS(=O)(=O)N(Cc1c(Cl)cccc1Cl)c1ccc(C(=O)NCCSCc2ccco2)cc1. The molecule has 1 heterocycles. The van der Waals surface area contributed by atoms with E-state index >= 15 is 0 Å². The maximum Gasteiger partial charge on any atom is 0.251 e. The van der Waals surface area contributed by atoms with Crippen molar-refractivity contribution in [2.24, 2.45) is 0 Å². The second-order valence-corrected chi connectivity index (χ2v) is 10.7. The van der Waals surface area contributed by atoms with Gasteiger partial charge in [-0.1, -0.05) is 29.3 Å². The summed E-state index contributed by atoms with van der Waals surface area (Å²) >= 11 is 14.1. The van der Waals surface area contributed by atoms with E-state index in [2.05, 4.69) is 5.32 Å². The maximum absolute atomic E-state index is 12.4. The molecule has 0 aliphatic rings. The number of rotatable bonds is 10. The van der Waals surface area contributed by atoms with Gasteiger partial charge in [0.25, 0.3) is 5.91 Å². The van der Waals surface area contributed by atoms with Gasteiger partial charge >= 0.3 is 0 Å². The van der Waals surface area contributed by atoms with E-state index in [0.29, 0.717) is 33.4 Å². The molecular formula is C22H22Cl2N2O4S2. The predicted octanol–water partition coefficient (Wildman–Crippen LogP) is 5.22. The molecule has 3 rings (SSSR count). The van der Waals surface area contributed by atoms with Crippen molar-refractivity contribution in [2.45, 2.75) is 12.3 Å². The number of hydrogen-bond donors (Lipinski definition) is 1. The molecule has 10 heteroatoms. The summed E-state index contributed by atoms with van der Waals surface area (Å²) < 4.78 is 31.3. The number of benzene rings is 2. The number of nitrogens with one attached hydrogen (secondary N) is 1. The van der Waals surface area contributed by atoms with E-state index in [4.69, 9.17) is 27.6 Å². The molecule has 0 radical (unpaired) electrons. The highest BCUT2D eigenvalue weighted by atomic mass is 35.5. The van der Waals surface area contributed by atoms with Crippen molar-refractivity contribution in [2.75, 3.05) is 22.9 Å². The van der Waals surface area contributed by atoms with E-state index in [-0.39, 0.29) is 12.5 Å². The summed E-state index contributed by atoms with van der Waals surface area (Å²) in [6.07, 6.45) is 2.74. The Hall–Kier alpha value is -2.13. The summed E-state index contributed by atoms with van der Waals surface area (Å²) in [7, 11) is -3.62. The van der Waals surface area contributed by atoms with Crippen LogP contribution in [-0.2, 0) is 22.3 Å². The van der Waals surface area contributed by atoms with Gasteiger partial charge in [0.1, 0.15) is 5.76 Å². The van der Waals surface area contributed by atoms with Crippen LogP contribution in [0.5, 0.6) is 0 Å². The first kappa shape index (κ1) is 24.5. The number of carbonyl (C=O) groups excluding carboxylic acids is 1. The van der Waals surface area contributed by atoms with Gasteiger partial charge in [0.2, 0.25) is 10.0 Å². The first-order valence-electron chi connectivity index (χ1n) is 9.64. The van der Waals surface area contributed by atoms with E-state index in [1.165, 1.54) is 4.31 Å². The summed E-state index contributed by atoms with van der Waals surface area (Å²) in [5.41, 5.74) is 1.36. The molecule has 0 spiro atoms. The fourth-order valence-electron chi connectivity index (χ4n) is 2.91. The van der Waals surface area contributed by atoms with Crippen LogP contribution in [-0.4, -0.2) is 32.9 Å². The van der Waals surface area contributed by atoms with Crippen LogP contribution < -0.4 is 9.62 Å². The largest absolute Gasteiger partial charge is 0.468 e. The lowest BCUT2D eigenvalue weighted by molar-refractivity contribution is 0.0956. The monoisotopic (exact) mass is 512 g/mol. The van der Waals surface area contributed by atoms with E-state index < -0.39 is 10.0 Å². The Kier molecular flexibility index (Phi) is 8.53. The third kappa shape index (κ3) is 6.68. The molecule has 1 amide bonds. The van der Waals surface area contributed by atoms with Crippen molar-refractivity contribution < 1.29 is 17.6 Å². The summed E-state index contributed by atoms with van der Waals surface area (Å²) in [5.74, 6) is 2.15. The zero-order chi connectivity index (χ0) is 23.1. The van der Waals surface area contributed by atoms with Crippen LogP contribution in [0.4, 0.5) is 5.69 Å². The van der Waals surface area contributed by atoms with E-state index in [9.17, 15) is 13.2 Å². The highest BCUT2D eigenvalue weighted by Crippen LogP contribution is 2.29. The number of amides is 1. The van der Waals surface area contributed by atoms with Gasteiger partial charge in [0.15, 0.2) is 0 Å². The van der Waals surface area contributed by atoms with Crippen LogP contribution in [0, 0.1) is 0 Å².